The fourth-order valence-electron chi connectivity index (χ4n) is 4.41. The second kappa shape index (κ2) is 10.2. The van der Waals surface area contributed by atoms with Crippen molar-refractivity contribution >= 4 is 12.2 Å². The Morgan fingerprint density at radius 1 is 1.23 bits per heavy atom. The molecule has 2 heterocycles. The number of nitrogens with zero attached hydrogens (tertiary/aromatic N) is 4. The fourth-order valence-corrected chi connectivity index (χ4v) is 4.41. The first-order valence-corrected chi connectivity index (χ1v) is 11.4. The van der Waals surface area contributed by atoms with Gasteiger partial charge in [0.1, 0.15) is 18.2 Å². The molecule has 1 fully saturated rings. The Kier molecular flexibility index (Phi) is 7.05. The topological polar surface area (TPSA) is 117 Å². The van der Waals surface area contributed by atoms with Gasteiger partial charge in [-0.1, -0.05) is 18.2 Å². The van der Waals surface area contributed by atoms with Gasteiger partial charge in [-0.2, -0.15) is 5.26 Å². The maximum Gasteiger partial charge on any atom is 0.263 e. The minimum atomic E-state index is -0.684. The van der Waals surface area contributed by atoms with Crippen LogP contribution in [0.2, 0.25) is 0 Å². The molecule has 0 spiro atoms. The minimum Gasteiger partial charge on any atom is -0.342 e. The molecule has 35 heavy (non-hydrogen) atoms. The third-order valence-corrected chi connectivity index (χ3v) is 6.38. The van der Waals surface area contributed by atoms with E-state index in [1.807, 2.05) is 11.0 Å². The molecule has 0 atom stereocenters. The van der Waals surface area contributed by atoms with Crippen molar-refractivity contribution < 1.29 is 9.18 Å². The molecule has 0 saturated carbocycles. The summed E-state index contributed by atoms with van der Waals surface area (Å²) in [5.74, 6) is -0.207. The number of aldehydes is 1. The molecular weight excluding hydrogens is 447 g/mol. The first-order valence-electron chi connectivity index (χ1n) is 11.4. The van der Waals surface area contributed by atoms with Gasteiger partial charge in [-0.05, 0) is 49.2 Å². The largest absolute Gasteiger partial charge is 0.342 e. The summed E-state index contributed by atoms with van der Waals surface area (Å²) in [6, 6.07) is 11.3. The van der Waals surface area contributed by atoms with Crippen molar-refractivity contribution in [2.24, 2.45) is 12.8 Å². The zero-order valence-electron chi connectivity index (χ0n) is 19.7. The summed E-state index contributed by atoms with van der Waals surface area (Å²) in [5, 5.41) is 12.2. The molecule has 4 rings (SSSR count). The van der Waals surface area contributed by atoms with Crippen molar-refractivity contribution in [1.82, 2.24) is 14.9 Å². The van der Waals surface area contributed by atoms with Crippen LogP contribution in [0.3, 0.4) is 0 Å². The van der Waals surface area contributed by atoms with Gasteiger partial charge in [0.2, 0.25) is 5.95 Å². The lowest BCUT2D eigenvalue weighted by Crippen LogP contribution is -2.42. The second-order valence-electron chi connectivity index (χ2n) is 8.69. The molecule has 0 aliphatic carbocycles. The number of carbonyl (C=O) groups excluding carboxylic acids is 1. The van der Waals surface area contributed by atoms with Crippen molar-refractivity contribution in [2.75, 3.05) is 25.0 Å². The monoisotopic (exact) mass is 474 g/mol. The number of carbonyl (C=O) groups is 1. The van der Waals surface area contributed by atoms with Crippen LogP contribution in [0.15, 0.2) is 41.2 Å². The van der Waals surface area contributed by atoms with Crippen LogP contribution in [-0.4, -0.2) is 42.0 Å². The maximum atomic E-state index is 14.6. The van der Waals surface area contributed by atoms with Crippen LogP contribution in [0.5, 0.6) is 0 Å². The zero-order chi connectivity index (χ0) is 25.1. The lowest BCUT2D eigenvalue weighted by Gasteiger charge is -2.32. The third kappa shape index (κ3) is 4.71. The molecule has 0 amide bonds. The van der Waals surface area contributed by atoms with Crippen molar-refractivity contribution in [3.05, 3.63) is 69.3 Å². The molecule has 2 aromatic carbocycles. The SMILES string of the molecule is CNCc1cc(-c2c(-c3ccc(C#N)c(F)c3)nc(N3CCC(N)CC3)n(C)c2=O)ccc1C=O. The molecule has 0 bridgehead atoms. The summed E-state index contributed by atoms with van der Waals surface area (Å²) >= 11 is 0. The number of hydrogen-bond acceptors (Lipinski definition) is 7. The molecule has 0 unspecified atom stereocenters. The highest BCUT2D eigenvalue weighted by Crippen LogP contribution is 2.32. The van der Waals surface area contributed by atoms with Gasteiger partial charge in [0.05, 0.1) is 16.8 Å². The first kappa shape index (κ1) is 24.3. The summed E-state index contributed by atoms with van der Waals surface area (Å²) in [6.45, 7) is 1.74. The molecule has 8 nitrogen and oxygen atoms in total. The van der Waals surface area contributed by atoms with E-state index in [1.165, 1.54) is 16.7 Å². The highest BCUT2D eigenvalue weighted by Gasteiger charge is 2.25. The van der Waals surface area contributed by atoms with Gasteiger partial charge >= 0.3 is 0 Å². The lowest BCUT2D eigenvalue weighted by atomic mass is 9.96. The maximum absolute atomic E-state index is 14.6. The number of aromatic nitrogens is 2. The number of anilines is 1. The summed E-state index contributed by atoms with van der Waals surface area (Å²) in [4.78, 5) is 32.1. The molecule has 0 radical (unpaired) electrons. The van der Waals surface area contributed by atoms with Gasteiger partial charge < -0.3 is 16.0 Å². The minimum absolute atomic E-state index is 0.0870. The highest BCUT2D eigenvalue weighted by molar-refractivity contribution is 5.84. The van der Waals surface area contributed by atoms with E-state index in [0.29, 0.717) is 53.5 Å². The van der Waals surface area contributed by atoms with E-state index in [1.54, 1.807) is 38.4 Å². The molecular formula is C26H27FN6O2. The fraction of sp³-hybridized carbons (Fsp3) is 0.308. The van der Waals surface area contributed by atoms with E-state index in [2.05, 4.69) is 5.32 Å². The van der Waals surface area contributed by atoms with Gasteiger partial charge in [0.15, 0.2) is 0 Å². The van der Waals surface area contributed by atoms with Gasteiger partial charge in [-0.15, -0.1) is 0 Å². The van der Waals surface area contributed by atoms with Crippen LogP contribution in [0, 0.1) is 17.1 Å². The van der Waals surface area contributed by atoms with Crippen LogP contribution in [0.25, 0.3) is 22.4 Å². The standard InChI is InChI=1S/C26H27FN6O2/c1-30-14-20-11-16(3-6-19(20)15-34)23-24(17-4-5-18(13-28)22(27)12-17)31-26(32(2)25(23)35)33-9-7-21(29)8-10-33/h3-6,11-12,15,21,30H,7-10,14,29H2,1-2H3. The Hall–Kier alpha value is -3.87. The summed E-state index contributed by atoms with van der Waals surface area (Å²) in [6.07, 6.45) is 2.33. The van der Waals surface area contributed by atoms with Crippen molar-refractivity contribution in [2.45, 2.75) is 25.4 Å². The van der Waals surface area contributed by atoms with Crippen molar-refractivity contribution in [1.29, 1.82) is 5.26 Å². The second-order valence-corrected chi connectivity index (χ2v) is 8.69. The molecule has 1 aromatic heterocycles. The van der Waals surface area contributed by atoms with Gasteiger partial charge in [0, 0.05) is 43.9 Å². The number of nitrogens with two attached hydrogens (primary N) is 1. The van der Waals surface area contributed by atoms with Crippen LogP contribution >= 0.6 is 0 Å². The molecule has 1 saturated heterocycles. The molecule has 9 heteroatoms. The summed E-state index contributed by atoms with van der Waals surface area (Å²) < 4.78 is 16.1. The Morgan fingerprint density at radius 2 is 1.94 bits per heavy atom. The van der Waals surface area contributed by atoms with E-state index in [4.69, 9.17) is 16.0 Å². The van der Waals surface area contributed by atoms with E-state index in [0.717, 1.165) is 24.7 Å². The quantitative estimate of drug-likeness (QED) is 0.528. The van der Waals surface area contributed by atoms with Crippen molar-refractivity contribution in [3.63, 3.8) is 0 Å². The number of halogens is 1. The van der Waals surface area contributed by atoms with Crippen LogP contribution in [0.1, 0.15) is 34.3 Å². The van der Waals surface area contributed by atoms with Gasteiger partial charge in [-0.25, -0.2) is 9.37 Å². The average Bonchev–Trinajstić information content (AvgIpc) is 2.86. The van der Waals surface area contributed by atoms with Crippen LogP contribution in [0.4, 0.5) is 10.3 Å². The normalized spacial score (nSPS) is 14.1. The van der Waals surface area contributed by atoms with E-state index in [-0.39, 0.29) is 17.2 Å². The molecule has 3 N–H and O–H groups in total. The smallest absolute Gasteiger partial charge is 0.263 e. The number of benzene rings is 2. The Morgan fingerprint density at radius 3 is 2.57 bits per heavy atom. The Bertz CT molecular complexity index is 1370. The zero-order valence-corrected chi connectivity index (χ0v) is 19.7. The van der Waals surface area contributed by atoms with E-state index in [9.17, 15) is 14.0 Å². The van der Waals surface area contributed by atoms with E-state index < -0.39 is 5.82 Å². The Labute approximate surface area is 202 Å². The lowest BCUT2D eigenvalue weighted by molar-refractivity contribution is 0.112. The first-order chi connectivity index (χ1) is 16.9. The predicted molar refractivity (Wildman–Crippen MR) is 133 cm³/mol. The Balaban J connectivity index is 1.97. The van der Waals surface area contributed by atoms with Crippen LogP contribution in [-0.2, 0) is 13.6 Å². The van der Waals surface area contributed by atoms with Crippen molar-refractivity contribution in [3.8, 4) is 28.5 Å². The number of nitriles is 1. The van der Waals surface area contributed by atoms with Gasteiger partial charge in [-0.3, -0.25) is 14.2 Å². The van der Waals surface area contributed by atoms with Crippen LogP contribution < -0.4 is 21.5 Å². The summed E-state index contributed by atoms with van der Waals surface area (Å²) in [5.41, 5.74) is 8.49. The summed E-state index contributed by atoms with van der Waals surface area (Å²) in [7, 11) is 3.44. The highest BCUT2D eigenvalue weighted by atomic mass is 19.1. The number of hydrogen-bond donors (Lipinski definition) is 2. The number of nitrogens with one attached hydrogen (secondary N) is 1. The molecule has 3 aromatic rings. The molecule has 180 valence electrons. The number of piperidine rings is 1. The molecule has 1 aliphatic heterocycles. The predicted octanol–water partition coefficient (Wildman–Crippen LogP) is 2.58. The molecule has 1 aliphatic rings. The average molecular weight is 475 g/mol. The van der Waals surface area contributed by atoms with E-state index >= 15 is 0 Å². The third-order valence-electron chi connectivity index (χ3n) is 6.38. The van der Waals surface area contributed by atoms with Gasteiger partial charge in [0.25, 0.3) is 5.56 Å². The number of rotatable bonds is 6.